The smallest absolute Gasteiger partial charge is 0.192 e. The predicted molar refractivity (Wildman–Crippen MR) is 70.9 cm³/mol. The van der Waals surface area contributed by atoms with Gasteiger partial charge >= 0.3 is 0 Å². The van der Waals surface area contributed by atoms with E-state index in [4.69, 9.17) is 0 Å². The number of aliphatic imine (C=N–C) groups is 1. The molecule has 0 aromatic heterocycles. The Morgan fingerprint density at radius 3 is 2.18 bits per heavy atom. The Bertz CT molecular complexity index is 448. The lowest BCUT2D eigenvalue weighted by Crippen LogP contribution is -2.36. The standard InChI is InChI=1S/C12H16N2O2.ClH/c1-7-4-9(3)10(5-8(7)2)14-6-13-11(15)12(14)16;/h4-6,11-12,15-16H,1-3H3;1H. The van der Waals surface area contributed by atoms with Crippen molar-refractivity contribution in [3.8, 4) is 0 Å². The normalized spacial score (nSPS) is 22.8. The average Bonchev–Trinajstić information content (AvgIpc) is 2.54. The lowest BCUT2D eigenvalue weighted by Gasteiger charge is -2.23. The summed E-state index contributed by atoms with van der Waals surface area (Å²) in [5, 5.41) is 19.1. The molecule has 0 spiro atoms. The van der Waals surface area contributed by atoms with Crippen molar-refractivity contribution in [1.82, 2.24) is 0 Å². The van der Waals surface area contributed by atoms with Crippen LogP contribution >= 0.6 is 12.4 Å². The fraction of sp³-hybridized carbons (Fsp3) is 0.417. The number of anilines is 1. The molecule has 1 aliphatic heterocycles. The minimum absolute atomic E-state index is 0. The number of hydrogen-bond donors (Lipinski definition) is 2. The summed E-state index contributed by atoms with van der Waals surface area (Å²) >= 11 is 0. The molecule has 0 radical (unpaired) electrons. The van der Waals surface area contributed by atoms with Gasteiger partial charge in [0, 0.05) is 5.69 Å². The third kappa shape index (κ3) is 2.44. The van der Waals surface area contributed by atoms with E-state index in [1.807, 2.05) is 19.9 Å². The van der Waals surface area contributed by atoms with Crippen LogP contribution in [0, 0.1) is 20.8 Å². The molecule has 1 heterocycles. The molecule has 0 bridgehead atoms. The van der Waals surface area contributed by atoms with E-state index < -0.39 is 12.5 Å². The Labute approximate surface area is 107 Å². The van der Waals surface area contributed by atoms with Gasteiger partial charge in [-0.05, 0) is 43.5 Å². The first-order valence-corrected chi connectivity index (χ1v) is 5.26. The lowest BCUT2D eigenvalue weighted by molar-refractivity contribution is 0.0422. The molecule has 0 saturated carbocycles. The summed E-state index contributed by atoms with van der Waals surface area (Å²) in [7, 11) is 0. The van der Waals surface area contributed by atoms with Gasteiger partial charge in [-0.1, -0.05) is 6.07 Å². The molecule has 2 N–H and O–H groups in total. The van der Waals surface area contributed by atoms with Crippen molar-refractivity contribution in [3.05, 3.63) is 28.8 Å². The van der Waals surface area contributed by atoms with Gasteiger partial charge in [0.15, 0.2) is 12.5 Å². The zero-order chi connectivity index (χ0) is 11.9. The Balaban J connectivity index is 0.00000144. The minimum atomic E-state index is -1.05. The maximum atomic E-state index is 9.75. The van der Waals surface area contributed by atoms with Crippen LogP contribution in [0.2, 0.25) is 0 Å². The van der Waals surface area contributed by atoms with Gasteiger partial charge in [0.05, 0.1) is 6.34 Å². The van der Waals surface area contributed by atoms with Gasteiger partial charge in [0.1, 0.15) is 0 Å². The summed E-state index contributed by atoms with van der Waals surface area (Å²) in [6, 6.07) is 4.06. The fourth-order valence-electron chi connectivity index (χ4n) is 1.86. The van der Waals surface area contributed by atoms with Crippen molar-refractivity contribution < 1.29 is 10.2 Å². The molecular weight excluding hydrogens is 240 g/mol. The number of aliphatic hydroxyl groups excluding tert-OH is 2. The Morgan fingerprint density at radius 2 is 1.65 bits per heavy atom. The molecule has 0 amide bonds. The molecule has 5 heteroatoms. The van der Waals surface area contributed by atoms with E-state index in [-0.39, 0.29) is 12.4 Å². The Morgan fingerprint density at radius 1 is 1.06 bits per heavy atom. The van der Waals surface area contributed by atoms with E-state index in [9.17, 15) is 10.2 Å². The number of benzene rings is 1. The third-order valence-electron chi connectivity index (χ3n) is 2.99. The van der Waals surface area contributed by atoms with Gasteiger partial charge in [0.2, 0.25) is 0 Å². The first-order valence-electron chi connectivity index (χ1n) is 5.26. The van der Waals surface area contributed by atoms with Crippen LogP contribution in [0.3, 0.4) is 0 Å². The quantitative estimate of drug-likeness (QED) is 0.801. The van der Waals surface area contributed by atoms with Gasteiger partial charge < -0.3 is 15.1 Å². The molecule has 1 aromatic rings. The summed E-state index contributed by atoms with van der Waals surface area (Å²) in [6.07, 6.45) is -0.561. The molecule has 94 valence electrons. The maximum Gasteiger partial charge on any atom is 0.192 e. The molecule has 0 aliphatic carbocycles. The summed E-state index contributed by atoms with van der Waals surface area (Å²) in [4.78, 5) is 5.36. The van der Waals surface area contributed by atoms with E-state index in [0.717, 1.165) is 16.8 Å². The minimum Gasteiger partial charge on any atom is -0.369 e. The third-order valence-corrected chi connectivity index (χ3v) is 2.99. The van der Waals surface area contributed by atoms with Crippen LogP contribution in [-0.4, -0.2) is 29.0 Å². The first-order chi connectivity index (χ1) is 7.50. The lowest BCUT2D eigenvalue weighted by atomic mass is 10.0. The number of nitrogens with zero attached hydrogens (tertiary/aromatic N) is 2. The second kappa shape index (κ2) is 5.04. The van der Waals surface area contributed by atoms with Gasteiger partial charge in [-0.3, -0.25) is 0 Å². The fourth-order valence-corrected chi connectivity index (χ4v) is 1.86. The number of rotatable bonds is 1. The molecule has 2 atom stereocenters. The van der Waals surface area contributed by atoms with Crippen LogP contribution in [0.5, 0.6) is 0 Å². The van der Waals surface area contributed by atoms with Gasteiger partial charge in [-0.2, -0.15) is 0 Å². The zero-order valence-corrected chi connectivity index (χ0v) is 10.9. The predicted octanol–water partition coefficient (Wildman–Crippen LogP) is 1.52. The van der Waals surface area contributed by atoms with Crippen LogP contribution in [-0.2, 0) is 0 Å². The number of halogens is 1. The molecule has 0 fully saturated rings. The highest BCUT2D eigenvalue weighted by Crippen LogP contribution is 2.27. The number of aryl methyl sites for hydroxylation is 3. The van der Waals surface area contributed by atoms with Crippen LogP contribution in [0.1, 0.15) is 16.7 Å². The SMILES string of the molecule is Cc1cc(C)c(N2C=NC(O)C2O)cc1C.Cl. The largest absolute Gasteiger partial charge is 0.369 e. The van der Waals surface area contributed by atoms with E-state index in [0.29, 0.717) is 0 Å². The molecule has 2 unspecified atom stereocenters. The highest BCUT2D eigenvalue weighted by Gasteiger charge is 2.28. The summed E-state index contributed by atoms with van der Waals surface area (Å²) in [6.45, 7) is 6.05. The van der Waals surface area contributed by atoms with E-state index in [1.165, 1.54) is 11.9 Å². The van der Waals surface area contributed by atoms with Gasteiger partial charge in [-0.15, -0.1) is 12.4 Å². The van der Waals surface area contributed by atoms with Crippen molar-refractivity contribution in [1.29, 1.82) is 0 Å². The Hall–Kier alpha value is -1.10. The molecule has 17 heavy (non-hydrogen) atoms. The molecule has 1 aromatic carbocycles. The van der Waals surface area contributed by atoms with E-state index in [2.05, 4.69) is 18.0 Å². The van der Waals surface area contributed by atoms with E-state index >= 15 is 0 Å². The maximum absolute atomic E-state index is 9.75. The summed E-state index contributed by atoms with van der Waals surface area (Å²) < 4.78 is 0. The Kier molecular flexibility index (Phi) is 4.14. The topological polar surface area (TPSA) is 56.1 Å². The summed E-state index contributed by atoms with van der Waals surface area (Å²) in [5.74, 6) is 0. The van der Waals surface area contributed by atoms with Crippen LogP contribution < -0.4 is 4.90 Å². The molecule has 4 nitrogen and oxygen atoms in total. The second-order valence-electron chi connectivity index (χ2n) is 4.22. The first kappa shape index (κ1) is 14.0. The molecule has 0 saturated heterocycles. The highest BCUT2D eigenvalue weighted by atomic mass is 35.5. The monoisotopic (exact) mass is 256 g/mol. The average molecular weight is 257 g/mol. The number of hydrogen-bond acceptors (Lipinski definition) is 4. The zero-order valence-electron chi connectivity index (χ0n) is 10.1. The van der Waals surface area contributed by atoms with E-state index in [1.54, 1.807) is 4.90 Å². The highest BCUT2D eigenvalue weighted by molar-refractivity contribution is 5.85. The van der Waals surface area contributed by atoms with Crippen molar-refractivity contribution in [3.63, 3.8) is 0 Å². The van der Waals surface area contributed by atoms with Crippen molar-refractivity contribution >= 4 is 24.4 Å². The van der Waals surface area contributed by atoms with Crippen molar-refractivity contribution in [2.45, 2.75) is 33.2 Å². The molecule has 1 aliphatic rings. The van der Waals surface area contributed by atoms with Crippen LogP contribution in [0.25, 0.3) is 0 Å². The van der Waals surface area contributed by atoms with Crippen LogP contribution in [0.4, 0.5) is 5.69 Å². The molecular formula is C12H17ClN2O2. The van der Waals surface area contributed by atoms with Gasteiger partial charge in [-0.25, -0.2) is 4.99 Å². The summed E-state index contributed by atoms with van der Waals surface area (Å²) in [5.41, 5.74) is 4.31. The van der Waals surface area contributed by atoms with Crippen LogP contribution in [0.15, 0.2) is 17.1 Å². The second-order valence-corrected chi connectivity index (χ2v) is 4.22. The molecule has 2 rings (SSSR count). The van der Waals surface area contributed by atoms with Crippen molar-refractivity contribution in [2.24, 2.45) is 4.99 Å². The van der Waals surface area contributed by atoms with Crippen molar-refractivity contribution in [2.75, 3.05) is 4.90 Å². The number of aliphatic hydroxyl groups is 2. The van der Waals surface area contributed by atoms with Gasteiger partial charge in [0.25, 0.3) is 0 Å².